The molecule has 7 atom stereocenters. The maximum absolute atomic E-state index is 14.6. The molecule has 3 saturated carbocycles. The van der Waals surface area contributed by atoms with E-state index in [-0.39, 0.29) is 56.5 Å². The van der Waals surface area contributed by atoms with Gasteiger partial charge in [-0.05, 0) is 90.9 Å². The number of hydrogen-bond acceptors (Lipinski definition) is 4. The zero-order valence-corrected chi connectivity index (χ0v) is 24.3. The highest BCUT2D eigenvalue weighted by Crippen LogP contribution is 2.75. The molecule has 204 valence electrons. The van der Waals surface area contributed by atoms with E-state index in [1.807, 2.05) is 12.4 Å². The Kier molecular flexibility index (Phi) is 5.17. The van der Waals surface area contributed by atoms with Gasteiger partial charge in [0.1, 0.15) is 18.4 Å². The van der Waals surface area contributed by atoms with Gasteiger partial charge in [0.25, 0.3) is 0 Å². The number of carbonyl (C=O) groups excluding carboxylic acids is 1. The van der Waals surface area contributed by atoms with Crippen LogP contribution in [-0.2, 0) is 10.3 Å². The second-order valence-corrected chi connectivity index (χ2v) is 15.4. The van der Waals surface area contributed by atoms with Crippen LogP contribution in [0.3, 0.4) is 0 Å². The Morgan fingerprint density at radius 2 is 1.76 bits per heavy atom. The van der Waals surface area contributed by atoms with Crippen molar-refractivity contribution >= 4 is 5.78 Å². The molecule has 1 aromatic rings. The van der Waals surface area contributed by atoms with Crippen molar-refractivity contribution in [2.45, 2.75) is 105 Å². The number of rotatable bonds is 1. The molecule has 0 spiro atoms. The molecule has 1 heterocycles. The van der Waals surface area contributed by atoms with Gasteiger partial charge in [-0.2, -0.15) is 5.10 Å². The summed E-state index contributed by atoms with van der Waals surface area (Å²) in [6.45, 7) is 23.9. The van der Waals surface area contributed by atoms with Crippen LogP contribution in [0.25, 0.3) is 4.85 Å². The molecule has 6 heteroatoms. The van der Waals surface area contributed by atoms with E-state index in [4.69, 9.17) is 6.57 Å². The van der Waals surface area contributed by atoms with Crippen LogP contribution in [0.1, 0.15) is 99.8 Å². The van der Waals surface area contributed by atoms with Gasteiger partial charge in [0.15, 0.2) is 5.78 Å². The van der Waals surface area contributed by atoms with Gasteiger partial charge in [-0.1, -0.05) is 54.0 Å². The topological polar surface area (TPSA) is 72.4 Å². The van der Waals surface area contributed by atoms with Gasteiger partial charge >= 0.3 is 0 Å². The predicted octanol–water partition coefficient (Wildman–Crippen LogP) is 7.27. The molecule has 0 unspecified atom stereocenters. The van der Waals surface area contributed by atoms with E-state index in [1.165, 1.54) is 5.57 Å². The Morgan fingerprint density at radius 1 is 1.05 bits per heavy atom. The van der Waals surface area contributed by atoms with E-state index in [9.17, 15) is 9.90 Å². The third-order valence-corrected chi connectivity index (χ3v) is 12.9. The first kappa shape index (κ1) is 25.8. The van der Waals surface area contributed by atoms with Crippen LogP contribution in [-0.4, -0.2) is 25.7 Å². The quantitative estimate of drug-likeness (QED) is 0.399. The number of allylic oxidation sites excluding steroid dienone is 4. The summed E-state index contributed by atoms with van der Waals surface area (Å²) < 4.78 is 2.11. The third-order valence-electron chi connectivity index (χ3n) is 12.9. The standard InChI is InChI=1S/C32H44N4O2/c1-27(2)11-13-32(36-19-34-18-35-36)14-12-31(7)25(20(32)16-27)22(37)15-24-29(5)17-21(33-8)26(38)28(3,4)23(29)9-10-30(24,31)6/h15,18-20,23,25,38H,9-14,16-17H2,1-7H3/t20-,23-,25-,29-,30+,31+,32-/m0/s1. The van der Waals surface area contributed by atoms with Crippen LogP contribution in [0, 0.1) is 51.4 Å². The maximum atomic E-state index is 14.6. The fraction of sp³-hybridized carbons (Fsp3) is 0.750. The highest BCUT2D eigenvalue weighted by Gasteiger charge is 2.70. The highest BCUT2D eigenvalue weighted by atomic mass is 16.3. The zero-order chi connectivity index (χ0) is 27.5. The summed E-state index contributed by atoms with van der Waals surface area (Å²) in [6.07, 6.45) is 13.3. The average molecular weight is 517 g/mol. The molecule has 1 N–H and O–H groups in total. The number of ketones is 1. The lowest BCUT2D eigenvalue weighted by Crippen LogP contribution is -2.66. The normalized spacial score (nSPS) is 45.2. The number of aliphatic hydroxyl groups is 1. The number of aliphatic hydroxyl groups excluding tert-OH is 1. The van der Waals surface area contributed by atoms with Crippen molar-refractivity contribution in [3.05, 3.63) is 47.2 Å². The molecule has 6 rings (SSSR count). The molecule has 3 fully saturated rings. The number of fused-ring (bicyclic) bond motifs is 7. The molecule has 1 aromatic heterocycles. The minimum atomic E-state index is -0.488. The molecule has 0 saturated heterocycles. The molecule has 0 aliphatic heterocycles. The summed E-state index contributed by atoms with van der Waals surface area (Å²) >= 11 is 0. The van der Waals surface area contributed by atoms with E-state index in [0.717, 1.165) is 44.9 Å². The lowest BCUT2D eigenvalue weighted by atomic mass is 9.35. The van der Waals surface area contributed by atoms with Gasteiger partial charge in [0.2, 0.25) is 5.70 Å². The van der Waals surface area contributed by atoms with E-state index in [1.54, 1.807) is 6.33 Å². The molecule has 6 nitrogen and oxygen atoms in total. The summed E-state index contributed by atoms with van der Waals surface area (Å²) in [5, 5.41) is 15.7. The Labute approximate surface area is 227 Å². The lowest BCUT2D eigenvalue weighted by molar-refractivity contribution is -0.170. The fourth-order valence-electron chi connectivity index (χ4n) is 10.7. The summed E-state index contributed by atoms with van der Waals surface area (Å²) in [6, 6.07) is 0. The van der Waals surface area contributed by atoms with E-state index >= 15 is 0 Å². The molecular weight excluding hydrogens is 472 g/mol. The number of aromatic nitrogens is 3. The Balaban J connectivity index is 1.52. The van der Waals surface area contributed by atoms with Gasteiger partial charge in [-0.15, -0.1) is 0 Å². The van der Waals surface area contributed by atoms with Crippen LogP contribution in [0.5, 0.6) is 0 Å². The Bertz CT molecular complexity index is 1300. The van der Waals surface area contributed by atoms with Gasteiger partial charge in [0.05, 0.1) is 12.1 Å². The van der Waals surface area contributed by atoms with Gasteiger partial charge in [-0.25, -0.2) is 14.5 Å². The van der Waals surface area contributed by atoms with Crippen molar-refractivity contribution in [3.63, 3.8) is 0 Å². The van der Waals surface area contributed by atoms with Crippen molar-refractivity contribution in [1.82, 2.24) is 14.8 Å². The monoisotopic (exact) mass is 516 g/mol. The van der Waals surface area contributed by atoms with Crippen molar-refractivity contribution < 1.29 is 9.90 Å². The van der Waals surface area contributed by atoms with Crippen molar-refractivity contribution in [3.8, 4) is 0 Å². The molecule has 5 aliphatic carbocycles. The second-order valence-electron chi connectivity index (χ2n) is 15.4. The van der Waals surface area contributed by atoms with Crippen LogP contribution >= 0.6 is 0 Å². The summed E-state index contributed by atoms with van der Waals surface area (Å²) in [4.78, 5) is 22.7. The van der Waals surface area contributed by atoms with Crippen molar-refractivity contribution in [1.29, 1.82) is 0 Å². The van der Waals surface area contributed by atoms with E-state index in [2.05, 4.69) is 68.1 Å². The third kappa shape index (κ3) is 2.97. The van der Waals surface area contributed by atoms with E-state index < -0.39 is 5.41 Å². The maximum Gasteiger partial charge on any atom is 0.203 e. The van der Waals surface area contributed by atoms with Crippen molar-refractivity contribution in [2.24, 2.45) is 44.8 Å². The van der Waals surface area contributed by atoms with Crippen molar-refractivity contribution in [2.75, 3.05) is 0 Å². The van der Waals surface area contributed by atoms with Crippen LogP contribution in [0.4, 0.5) is 0 Å². The fourth-order valence-corrected chi connectivity index (χ4v) is 10.7. The summed E-state index contributed by atoms with van der Waals surface area (Å²) in [7, 11) is 0. The lowest BCUT2D eigenvalue weighted by Gasteiger charge is -2.69. The van der Waals surface area contributed by atoms with Gasteiger partial charge < -0.3 is 5.11 Å². The van der Waals surface area contributed by atoms with Crippen LogP contribution in [0.15, 0.2) is 35.8 Å². The summed E-state index contributed by atoms with van der Waals surface area (Å²) in [5.74, 6) is 0.874. The van der Waals surface area contributed by atoms with Crippen LogP contribution in [0.2, 0.25) is 0 Å². The SMILES string of the molecule is [C-]#[N+]C1=C(O)C(C)(C)[C@@H]2CC[C@]3(C)C(=CC(=O)[C@@H]4[C@@H]5CC(C)(C)CC[C@]5(n5cncn5)CC[C@]43C)[C@@]2(C)C1. The minimum Gasteiger partial charge on any atom is -0.523 e. The molecule has 5 aliphatic rings. The first-order chi connectivity index (χ1) is 17.7. The first-order valence-corrected chi connectivity index (χ1v) is 14.6. The van der Waals surface area contributed by atoms with E-state index in [0.29, 0.717) is 12.1 Å². The summed E-state index contributed by atoms with van der Waals surface area (Å²) in [5.41, 5.74) is 0.627. The Hall–Kier alpha value is -2.42. The predicted molar refractivity (Wildman–Crippen MR) is 147 cm³/mol. The molecule has 38 heavy (non-hydrogen) atoms. The molecular formula is C32H44N4O2. The number of carbonyl (C=O) groups is 1. The first-order valence-electron chi connectivity index (χ1n) is 14.6. The highest BCUT2D eigenvalue weighted by molar-refractivity contribution is 5.95. The minimum absolute atomic E-state index is 0.0604. The number of hydrogen-bond donors (Lipinski definition) is 1. The smallest absolute Gasteiger partial charge is 0.203 e. The second kappa shape index (κ2) is 7.61. The zero-order valence-electron chi connectivity index (χ0n) is 24.3. The molecule has 0 bridgehead atoms. The molecule has 0 radical (unpaired) electrons. The van der Waals surface area contributed by atoms with Gasteiger partial charge in [-0.3, -0.25) is 4.79 Å². The largest absolute Gasteiger partial charge is 0.523 e. The van der Waals surface area contributed by atoms with Crippen LogP contribution < -0.4 is 0 Å². The average Bonchev–Trinajstić information content (AvgIpc) is 3.38. The Morgan fingerprint density at radius 3 is 2.42 bits per heavy atom. The molecule has 0 amide bonds. The van der Waals surface area contributed by atoms with Gasteiger partial charge in [0, 0.05) is 11.3 Å². The number of nitrogens with zero attached hydrogens (tertiary/aromatic N) is 4. The molecule has 0 aromatic carbocycles.